The van der Waals surface area contributed by atoms with Gasteiger partial charge in [-0.25, -0.2) is 0 Å². The molecule has 28 heavy (non-hydrogen) atoms. The number of benzene rings is 1. The van der Waals surface area contributed by atoms with Crippen molar-refractivity contribution in [3.05, 3.63) is 29.8 Å². The van der Waals surface area contributed by atoms with Crippen LogP contribution in [0.25, 0.3) is 0 Å². The summed E-state index contributed by atoms with van der Waals surface area (Å²) in [5.74, 6) is 0.0349. The molecule has 1 unspecified atom stereocenters. The number of rotatable bonds is 13. The SMILES string of the molecule is COC1C(=O)c2ccccc2N=C1CCCCCCCCCCCC(C)(C)O. The lowest BCUT2D eigenvalue weighted by Gasteiger charge is -2.22. The van der Waals surface area contributed by atoms with Crippen LogP contribution in [0.3, 0.4) is 0 Å². The number of Topliss-reactive ketones (excluding diaryl/α,β-unsaturated/α-hetero) is 1. The average Bonchev–Trinajstić information content (AvgIpc) is 2.65. The Morgan fingerprint density at radius 2 is 1.54 bits per heavy atom. The number of ether oxygens (including phenoxy) is 1. The Morgan fingerprint density at radius 3 is 2.14 bits per heavy atom. The number of unbranched alkanes of at least 4 members (excludes halogenated alkanes) is 8. The number of carbonyl (C=O) groups excluding carboxylic acids is 1. The zero-order chi connectivity index (χ0) is 20.4. The highest BCUT2D eigenvalue weighted by Crippen LogP contribution is 2.28. The normalized spacial score (nSPS) is 16.8. The number of nitrogens with zero attached hydrogens (tertiary/aromatic N) is 1. The fraction of sp³-hybridized carbons (Fsp3) is 0.667. The summed E-state index contributed by atoms with van der Waals surface area (Å²) >= 11 is 0. The lowest BCUT2D eigenvalue weighted by atomic mass is 9.94. The van der Waals surface area contributed by atoms with Gasteiger partial charge in [0.1, 0.15) is 0 Å². The minimum atomic E-state index is -0.517. The second-order valence-electron chi connectivity index (χ2n) is 8.59. The summed E-state index contributed by atoms with van der Waals surface area (Å²) in [6.07, 6.45) is 12.1. The van der Waals surface area contributed by atoms with E-state index in [1.54, 1.807) is 7.11 Å². The van der Waals surface area contributed by atoms with Gasteiger partial charge >= 0.3 is 0 Å². The summed E-state index contributed by atoms with van der Waals surface area (Å²) < 4.78 is 5.44. The Kier molecular flexibility index (Phi) is 9.33. The highest BCUT2D eigenvalue weighted by atomic mass is 16.5. The van der Waals surface area contributed by atoms with Crippen molar-refractivity contribution in [3.63, 3.8) is 0 Å². The highest BCUT2D eigenvalue weighted by molar-refractivity contribution is 6.20. The van der Waals surface area contributed by atoms with Crippen LogP contribution in [0.5, 0.6) is 0 Å². The van der Waals surface area contributed by atoms with Crippen molar-refractivity contribution in [1.29, 1.82) is 0 Å². The maximum absolute atomic E-state index is 12.6. The van der Waals surface area contributed by atoms with E-state index in [1.807, 2.05) is 38.1 Å². The van der Waals surface area contributed by atoms with Gasteiger partial charge in [0, 0.05) is 12.7 Å². The van der Waals surface area contributed by atoms with E-state index in [0.717, 1.165) is 37.1 Å². The van der Waals surface area contributed by atoms with Gasteiger partial charge in [0.15, 0.2) is 11.9 Å². The first-order valence-corrected chi connectivity index (χ1v) is 10.9. The smallest absolute Gasteiger partial charge is 0.199 e. The number of hydrogen-bond donors (Lipinski definition) is 1. The van der Waals surface area contributed by atoms with Crippen molar-refractivity contribution in [2.75, 3.05) is 7.11 Å². The molecule has 0 aliphatic carbocycles. The third-order valence-electron chi connectivity index (χ3n) is 5.43. The van der Waals surface area contributed by atoms with Crippen LogP contribution in [-0.2, 0) is 4.74 Å². The third kappa shape index (κ3) is 7.48. The van der Waals surface area contributed by atoms with Crippen LogP contribution in [0, 0.1) is 0 Å². The maximum atomic E-state index is 12.6. The van der Waals surface area contributed by atoms with Gasteiger partial charge < -0.3 is 9.84 Å². The molecule has 2 rings (SSSR count). The summed E-state index contributed by atoms with van der Waals surface area (Å²) in [6, 6.07) is 7.53. The first-order valence-electron chi connectivity index (χ1n) is 10.9. The highest BCUT2D eigenvalue weighted by Gasteiger charge is 2.30. The molecule has 0 saturated heterocycles. The Hall–Kier alpha value is -1.52. The standard InChI is InChI=1S/C24H37NO3/c1-24(2,27)18-14-10-8-6-4-5-7-9-11-17-21-23(28-3)22(26)19-15-12-13-16-20(19)25-21/h12-13,15-16,23,27H,4-11,14,17-18H2,1-3H3. The van der Waals surface area contributed by atoms with E-state index in [-0.39, 0.29) is 5.78 Å². The molecule has 1 aliphatic rings. The molecule has 0 aromatic heterocycles. The summed E-state index contributed by atoms with van der Waals surface area (Å²) in [7, 11) is 1.59. The molecule has 0 amide bonds. The van der Waals surface area contributed by atoms with Crippen molar-refractivity contribution < 1.29 is 14.6 Å². The minimum absolute atomic E-state index is 0.0349. The average molecular weight is 388 g/mol. The van der Waals surface area contributed by atoms with Crippen LogP contribution in [0.2, 0.25) is 0 Å². The van der Waals surface area contributed by atoms with Gasteiger partial charge in [-0.15, -0.1) is 0 Å². The molecule has 0 bridgehead atoms. The summed E-state index contributed by atoms with van der Waals surface area (Å²) in [4.78, 5) is 17.3. The van der Waals surface area contributed by atoms with Gasteiger partial charge in [0.05, 0.1) is 17.0 Å². The monoisotopic (exact) mass is 387 g/mol. The predicted octanol–water partition coefficient (Wildman–Crippen LogP) is 6.03. The molecule has 4 nitrogen and oxygen atoms in total. The Balaban J connectivity index is 1.59. The van der Waals surface area contributed by atoms with Gasteiger partial charge in [-0.3, -0.25) is 9.79 Å². The van der Waals surface area contributed by atoms with Gasteiger partial charge in [0.2, 0.25) is 0 Å². The molecule has 1 aromatic rings. The van der Waals surface area contributed by atoms with Gasteiger partial charge in [0.25, 0.3) is 0 Å². The van der Waals surface area contributed by atoms with Crippen LogP contribution in [0.4, 0.5) is 5.69 Å². The zero-order valence-electron chi connectivity index (χ0n) is 17.9. The molecule has 4 heteroatoms. The Labute approximate surface area is 170 Å². The molecule has 1 N–H and O–H groups in total. The van der Waals surface area contributed by atoms with E-state index in [9.17, 15) is 9.90 Å². The fourth-order valence-corrected chi connectivity index (χ4v) is 3.82. The van der Waals surface area contributed by atoms with Crippen LogP contribution in [0.1, 0.15) is 94.8 Å². The van der Waals surface area contributed by atoms with Crippen molar-refractivity contribution in [1.82, 2.24) is 0 Å². The zero-order valence-corrected chi connectivity index (χ0v) is 17.9. The lowest BCUT2D eigenvalue weighted by molar-refractivity contribution is 0.0679. The Morgan fingerprint density at radius 1 is 0.964 bits per heavy atom. The largest absolute Gasteiger partial charge is 0.390 e. The molecule has 1 heterocycles. The van der Waals surface area contributed by atoms with Gasteiger partial charge in [-0.2, -0.15) is 0 Å². The molecule has 0 saturated carbocycles. The maximum Gasteiger partial charge on any atom is 0.199 e. The number of carbonyl (C=O) groups is 1. The molecule has 0 radical (unpaired) electrons. The predicted molar refractivity (Wildman–Crippen MR) is 116 cm³/mol. The summed E-state index contributed by atoms with van der Waals surface area (Å²) in [6.45, 7) is 3.77. The quantitative estimate of drug-likeness (QED) is 0.420. The molecule has 0 spiro atoms. The van der Waals surface area contributed by atoms with Crippen molar-refractivity contribution in [2.45, 2.75) is 96.2 Å². The number of methoxy groups -OCH3 is 1. The number of fused-ring (bicyclic) bond motifs is 1. The summed E-state index contributed by atoms with van der Waals surface area (Å²) in [5.41, 5.74) is 1.80. The number of para-hydroxylation sites is 1. The number of ketones is 1. The minimum Gasteiger partial charge on any atom is -0.390 e. The van der Waals surface area contributed by atoms with Gasteiger partial charge in [-0.05, 0) is 45.2 Å². The topological polar surface area (TPSA) is 58.9 Å². The van der Waals surface area contributed by atoms with E-state index in [2.05, 4.69) is 0 Å². The van der Waals surface area contributed by atoms with Crippen molar-refractivity contribution in [3.8, 4) is 0 Å². The fourth-order valence-electron chi connectivity index (χ4n) is 3.82. The van der Waals surface area contributed by atoms with Crippen molar-refractivity contribution in [2.24, 2.45) is 4.99 Å². The van der Waals surface area contributed by atoms with Crippen molar-refractivity contribution >= 4 is 17.2 Å². The summed E-state index contributed by atoms with van der Waals surface area (Å²) in [5, 5.41) is 9.70. The molecular formula is C24H37NO3. The first-order chi connectivity index (χ1) is 13.4. The van der Waals surface area contributed by atoms with E-state index in [0.29, 0.717) is 5.56 Å². The second kappa shape index (κ2) is 11.5. The molecule has 0 fully saturated rings. The third-order valence-corrected chi connectivity index (χ3v) is 5.43. The molecule has 1 atom stereocenters. The molecule has 1 aromatic carbocycles. The van der Waals surface area contributed by atoms with Crippen LogP contribution < -0.4 is 0 Å². The van der Waals surface area contributed by atoms with Crippen LogP contribution >= 0.6 is 0 Å². The van der Waals surface area contributed by atoms with Crippen LogP contribution in [0.15, 0.2) is 29.3 Å². The van der Waals surface area contributed by atoms with E-state index >= 15 is 0 Å². The number of aliphatic imine (C=N–C) groups is 1. The van der Waals surface area contributed by atoms with Crippen LogP contribution in [-0.4, -0.2) is 35.4 Å². The number of hydrogen-bond acceptors (Lipinski definition) is 4. The first kappa shape index (κ1) is 22.8. The van der Waals surface area contributed by atoms with E-state index < -0.39 is 11.7 Å². The molecule has 1 aliphatic heterocycles. The molecule has 156 valence electrons. The van der Waals surface area contributed by atoms with Gasteiger partial charge in [-0.1, -0.05) is 63.5 Å². The number of aliphatic hydroxyl groups is 1. The second-order valence-corrected chi connectivity index (χ2v) is 8.59. The van der Waals surface area contributed by atoms with E-state index in [4.69, 9.17) is 9.73 Å². The molecular weight excluding hydrogens is 350 g/mol. The Bertz CT molecular complexity index is 645. The lowest BCUT2D eigenvalue weighted by Crippen LogP contribution is -2.34. The van der Waals surface area contributed by atoms with E-state index in [1.165, 1.54) is 44.9 Å².